The Morgan fingerprint density at radius 3 is 1.67 bits per heavy atom. The molecule has 0 saturated heterocycles. The van der Waals surface area contributed by atoms with Crippen molar-refractivity contribution in [2.75, 3.05) is 4.90 Å². The molecule has 0 amide bonds. The van der Waals surface area contributed by atoms with Crippen LogP contribution in [0, 0.1) is 0 Å². The van der Waals surface area contributed by atoms with E-state index in [1.807, 2.05) is 12.1 Å². The molecule has 0 bridgehead atoms. The molecule has 61 heavy (non-hydrogen) atoms. The van der Waals surface area contributed by atoms with Crippen molar-refractivity contribution >= 4 is 71.6 Å². The van der Waals surface area contributed by atoms with Crippen molar-refractivity contribution in [3.63, 3.8) is 0 Å². The molecule has 2 heterocycles. The molecule has 0 saturated carbocycles. The van der Waals surface area contributed by atoms with Crippen LogP contribution in [-0.2, 0) is 0 Å². The van der Waals surface area contributed by atoms with Crippen molar-refractivity contribution in [2.24, 2.45) is 0 Å². The van der Waals surface area contributed by atoms with Crippen LogP contribution in [0.1, 0.15) is 0 Å². The van der Waals surface area contributed by atoms with Crippen LogP contribution in [0.15, 0.2) is 235 Å². The van der Waals surface area contributed by atoms with Crippen LogP contribution in [-0.4, -0.2) is 4.57 Å². The van der Waals surface area contributed by atoms with Gasteiger partial charge in [0.05, 0.1) is 16.7 Å². The smallest absolute Gasteiger partial charge is 0.137 e. The highest BCUT2D eigenvalue weighted by Crippen LogP contribution is 2.48. The maximum Gasteiger partial charge on any atom is 0.137 e. The normalized spacial score (nSPS) is 11.6. The van der Waals surface area contributed by atoms with E-state index in [0.29, 0.717) is 0 Å². The minimum absolute atomic E-state index is 0.857. The highest BCUT2D eigenvalue weighted by Gasteiger charge is 2.24. The van der Waals surface area contributed by atoms with Gasteiger partial charge < -0.3 is 13.9 Å². The van der Waals surface area contributed by atoms with Gasteiger partial charge >= 0.3 is 0 Å². The van der Waals surface area contributed by atoms with E-state index in [2.05, 4.69) is 228 Å². The molecule has 2 aromatic heterocycles. The molecule has 0 atom stereocenters. The average molecular weight is 779 g/mol. The predicted octanol–water partition coefficient (Wildman–Crippen LogP) is 16.3. The van der Waals surface area contributed by atoms with Crippen LogP contribution >= 0.6 is 0 Å². The number of rotatable bonds is 7. The van der Waals surface area contributed by atoms with Gasteiger partial charge in [-0.25, -0.2) is 0 Å². The second-order valence-electron chi connectivity index (χ2n) is 15.7. The Labute approximate surface area is 353 Å². The van der Waals surface area contributed by atoms with E-state index >= 15 is 0 Å². The number of fused-ring (bicyclic) bond motifs is 7. The van der Waals surface area contributed by atoms with E-state index in [0.717, 1.165) is 72.3 Å². The number of furan rings is 1. The fraction of sp³-hybridized carbons (Fsp3) is 0. The summed E-state index contributed by atoms with van der Waals surface area (Å²) in [6.45, 7) is 0. The summed E-state index contributed by atoms with van der Waals surface area (Å²) in [4.78, 5) is 2.42. The van der Waals surface area contributed by atoms with Gasteiger partial charge in [-0.3, -0.25) is 0 Å². The Morgan fingerprint density at radius 2 is 0.902 bits per heavy atom. The molecule has 0 N–H and O–H groups in total. The summed E-state index contributed by atoms with van der Waals surface area (Å²) in [6, 6.07) is 83.0. The summed E-state index contributed by atoms with van der Waals surface area (Å²) < 4.78 is 8.91. The predicted molar refractivity (Wildman–Crippen MR) is 257 cm³/mol. The molecule has 12 rings (SSSR count). The maximum atomic E-state index is 6.53. The van der Waals surface area contributed by atoms with Gasteiger partial charge in [0.2, 0.25) is 0 Å². The standard InChI is InChI=1S/C58H38N2O/c1-4-16-39(17-5-1)48-25-14-26-49(40-18-6-2-7-19-40)58(48)59(46-34-35-51-50-22-11-13-29-55(50)61-56(51)38-46)45-33-32-41-36-43(31-30-42(41)37-45)47-24-15-28-54-57(47)52-23-10-12-27-53(52)60(54)44-20-8-3-9-21-44/h1-38H. The first-order valence-corrected chi connectivity index (χ1v) is 20.8. The van der Waals surface area contributed by atoms with Crippen molar-refractivity contribution < 1.29 is 4.42 Å². The zero-order valence-corrected chi connectivity index (χ0v) is 33.2. The van der Waals surface area contributed by atoms with Crippen molar-refractivity contribution in [1.82, 2.24) is 4.57 Å². The van der Waals surface area contributed by atoms with Crippen LogP contribution in [0.25, 0.3) is 93.6 Å². The fourth-order valence-corrected chi connectivity index (χ4v) is 9.40. The summed E-state index contributed by atoms with van der Waals surface area (Å²) >= 11 is 0. The molecule has 0 aliphatic rings. The Morgan fingerprint density at radius 1 is 0.344 bits per heavy atom. The van der Waals surface area contributed by atoms with Crippen LogP contribution in [0.3, 0.4) is 0 Å². The number of para-hydroxylation sites is 4. The van der Waals surface area contributed by atoms with Crippen molar-refractivity contribution in [3.05, 3.63) is 231 Å². The number of hydrogen-bond acceptors (Lipinski definition) is 2. The highest BCUT2D eigenvalue weighted by molar-refractivity contribution is 6.16. The van der Waals surface area contributed by atoms with Gasteiger partial charge in [0, 0.05) is 55.8 Å². The van der Waals surface area contributed by atoms with Gasteiger partial charge in [-0.1, -0.05) is 164 Å². The summed E-state index contributed by atoms with van der Waals surface area (Å²) in [5.74, 6) is 0. The van der Waals surface area contributed by atoms with Crippen molar-refractivity contribution in [1.29, 1.82) is 0 Å². The summed E-state index contributed by atoms with van der Waals surface area (Å²) in [7, 11) is 0. The van der Waals surface area contributed by atoms with Crippen LogP contribution in [0.4, 0.5) is 17.1 Å². The molecular weight excluding hydrogens is 741 g/mol. The molecular formula is C58H38N2O. The van der Waals surface area contributed by atoms with Gasteiger partial charge in [0.15, 0.2) is 0 Å². The number of anilines is 3. The van der Waals surface area contributed by atoms with Crippen LogP contribution in [0.5, 0.6) is 0 Å². The van der Waals surface area contributed by atoms with Crippen LogP contribution in [0.2, 0.25) is 0 Å². The first kappa shape index (κ1) is 34.9. The van der Waals surface area contributed by atoms with Gasteiger partial charge in [0.25, 0.3) is 0 Å². The number of aromatic nitrogens is 1. The minimum Gasteiger partial charge on any atom is -0.456 e. The molecule has 3 heteroatoms. The number of nitrogens with zero attached hydrogens (tertiary/aromatic N) is 2. The van der Waals surface area contributed by atoms with E-state index in [9.17, 15) is 0 Å². The van der Waals surface area contributed by atoms with E-state index in [1.54, 1.807) is 0 Å². The Hall–Kier alpha value is -8.14. The Kier molecular flexibility index (Phi) is 8.17. The maximum absolute atomic E-state index is 6.53. The lowest BCUT2D eigenvalue weighted by molar-refractivity contribution is 0.669. The van der Waals surface area contributed by atoms with Gasteiger partial charge in [-0.15, -0.1) is 0 Å². The molecule has 0 spiro atoms. The van der Waals surface area contributed by atoms with Gasteiger partial charge in [-0.2, -0.15) is 0 Å². The molecule has 286 valence electrons. The first-order valence-electron chi connectivity index (χ1n) is 20.8. The zero-order chi connectivity index (χ0) is 40.3. The molecule has 0 unspecified atom stereocenters. The summed E-state index contributed by atoms with van der Waals surface area (Å²) in [5.41, 5.74) is 15.5. The summed E-state index contributed by atoms with van der Waals surface area (Å²) in [6.07, 6.45) is 0. The lowest BCUT2D eigenvalue weighted by Crippen LogP contribution is -2.12. The third-order valence-corrected chi connectivity index (χ3v) is 12.2. The molecule has 0 aliphatic heterocycles. The SMILES string of the molecule is c1ccc(-c2cccc(-c3ccccc3)c2N(c2ccc3cc(-c4cccc5c4c4ccccc4n5-c4ccccc4)ccc3c2)c2ccc3c(c2)oc2ccccc23)cc1. The second-order valence-corrected chi connectivity index (χ2v) is 15.7. The quantitative estimate of drug-likeness (QED) is 0.161. The third-order valence-electron chi connectivity index (χ3n) is 12.2. The lowest BCUT2D eigenvalue weighted by Gasteiger charge is -2.30. The topological polar surface area (TPSA) is 21.3 Å². The molecule has 0 radical (unpaired) electrons. The lowest BCUT2D eigenvalue weighted by atomic mass is 9.93. The number of benzene rings is 10. The minimum atomic E-state index is 0.857. The highest BCUT2D eigenvalue weighted by atomic mass is 16.3. The molecule has 0 aliphatic carbocycles. The zero-order valence-electron chi connectivity index (χ0n) is 33.2. The van der Waals surface area contributed by atoms with Crippen LogP contribution < -0.4 is 4.90 Å². The molecule has 0 fully saturated rings. The van der Waals surface area contributed by atoms with E-state index < -0.39 is 0 Å². The van der Waals surface area contributed by atoms with E-state index in [-0.39, 0.29) is 0 Å². The monoisotopic (exact) mass is 778 g/mol. The molecule has 12 aromatic rings. The van der Waals surface area contributed by atoms with E-state index in [1.165, 1.54) is 38.3 Å². The largest absolute Gasteiger partial charge is 0.456 e. The molecule has 3 nitrogen and oxygen atoms in total. The Balaban J connectivity index is 1.06. The number of hydrogen-bond donors (Lipinski definition) is 0. The van der Waals surface area contributed by atoms with Crippen molar-refractivity contribution in [2.45, 2.75) is 0 Å². The fourth-order valence-electron chi connectivity index (χ4n) is 9.40. The first-order chi connectivity index (χ1) is 30.3. The Bertz CT molecular complexity index is 3530. The molecule has 10 aromatic carbocycles. The second kappa shape index (κ2) is 14.3. The van der Waals surface area contributed by atoms with Crippen molar-refractivity contribution in [3.8, 4) is 39.1 Å². The van der Waals surface area contributed by atoms with Gasteiger partial charge in [0.1, 0.15) is 11.2 Å². The average Bonchev–Trinajstić information content (AvgIpc) is 3.88. The summed E-state index contributed by atoms with van der Waals surface area (Å²) in [5, 5.41) is 7.07. The van der Waals surface area contributed by atoms with Gasteiger partial charge in [-0.05, 0) is 93.7 Å². The van der Waals surface area contributed by atoms with E-state index in [4.69, 9.17) is 4.42 Å². The third kappa shape index (κ3) is 5.82.